The first-order valence-corrected chi connectivity index (χ1v) is 7.82. The van der Waals surface area contributed by atoms with E-state index in [0.717, 1.165) is 11.3 Å². The summed E-state index contributed by atoms with van der Waals surface area (Å²) in [7, 11) is 0. The van der Waals surface area contributed by atoms with Crippen molar-refractivity contribution < 1.29 is 13.9 Å². The number of anilines is 1. The maximum absolute atomic E-state index is 12.9. The van der Waals surface area contributed by atoms with Crippen molar-refractivity contribution >= 4 is 11.7 Å². The molecule has 2 aromatic rings. The van der Waals surface area contributed by atoms with Gasteiger partial charge >= 0.3 is 5.97 Å². The van der Waals surface area contributed by atoms with Gasteiger partial charge in [0.25, 0.3) is 0 Å². The van der Waals surface area contributed by atoms with Gasteiger partial charge in [0.1, 0.15) is 11.9 Å². The van der Waals surface area contributed by atoms with Gasteiger partial charge in [0.2, 0.25) is 0 Å². The van der Waals surface area contributed by atoms with Gasteiger partial charge in [0, 0.05) is 17.7 Å². The highest BCUT2D eigenvalue weighted by Crippen LogP contribution is 2.12. The number of hydrogen-bond donors (Lipinski definition) is 1. The minimum absolute atomic E-state index is 0.296. The maximum Gasteiger partial charge on any atom is 0.329 e. The highest BCUT2D eigenvalue weighted by molar-refractivity contribution is 5.79. The highest BCUT2D eigenvalue weighted by Gasteiger charge is 2.18. The Hall–Kier alpha value is -2.80. The number of hydrogen-bond acceptors (Lipinski definition) is 3. The van der Waals surface area contributed by atoms with Gasteiger partial charge in [0.15, 0.2) is 0 Å². The lowest BCUT2D eigenvalue weighted by atomic mass is 10.1. The Morgan fingerprint density at radius 2 is 1.83 bits per heavy atom. The summed E-state index contributed by atoms with van der Waals surface area (Å²) < 4.78 is 18.0. The van der Waals surface area contributed by atoms with Gasteiger partial charge in [0.05, 0.1) is 6.61 Å². The zero-order valence-electron chi connectivity index (χ0n) is 13.8. The lowest BCUT2D eigenvalue weighted by Crippen LogP contribution is -2.31. The van der Waals surface area contributed by atoms with Crippen molar-refractivity contribution in [3.8, 4) is 11.8 Å². The average Bonchev–Trinajstić information content (AvgIpc) is 2.58. The summed E-state index contributed by atoms with van der Waals surface area (Å²) in [5.74, 6) is 5.24. The third kappa shape index (κ3) is 5.44. The van der Waals surface area contributed by atoms with Crippen LogP contribution in [0.2, 0.25) is 0 Å². The Kier molecular flexibility index (Phi) is 6.39. The maximum atomic E-state index is 12.9. The first-order valence-electron chi connectivity index (χ1n) is 7.82. The summed E-state index contributed by atoms with van der Waals surface area (Å²) in [6.45, 7) is 4.09. The van der Waals surface area contributed by atoms with E-state index in [4.69, 9.17) is 4.74 Å². The minimum Gasteiger partial charge on any atom is -0.464 e. The van der Waals surface area contributed by atoms with Gasteiger partial charge in [-0.25, -0.2) is 9.18 Å². The van der Waals surface area contributed by atoms with Crippen molar-refractivity contribution in [1.82, 2.24) is 0 Å². The van der Waals surface area contributed by atoms with E-state index in [-0.39, 0.29) is 11.8 Å². The van der Waals surface area contributed by atoms with Crippen LogP contribution in [0.1, 0.15) is 24.5 Å². The number of nitrogens with one attached hydrogen (secondary N) is 1. The van der Waals surface area contributed by atoms with Crippen LogP contribution in [0.3, 0.4) is 0 Å². The molecular formula is C20H20FNO2. The molecule has 0 bridgehead atoms. The van der Waals surface area contributed by atoms with E-state index >= 15 is 0 Å². The van der Waals surface area contributed by atoms with Crippen LogP contribution in [0.15, 0.2) is 48.5 Å². The molecule has 0 aliphatic rings. The molecule has 0 radical (unpaired) electrons. The molecule has 0 heterocycles. The van der Waals surface area contributed by atoms with E-state index in [1.807, 2.05) is 31.2 Å². The molecule has 124 valence electrons. The molecule has 0 spiro atoms. The zero-order chi connectivity index (χ0) is 17.4. The fraction of sp³-hybridized carbons (Fsp3) is 0.250. The molecule has 0 saturated carbocycles. The normalized spacial score (nSPS) is 11.1. The summed E-state index contributed by atoms with van der Waals surface area (Å²) in [5, 5.41) is 3.15. The second-order valence-electron chi connectivity index (χ2n) is 5.33. The molecule has 2 rings (SSSR count). The molecule has 0 fully saturated rings. The van der Waals surface area contributed by atoms with E-state index in [9.17, 15) is 9.18 Å². The largest absolute Gasteiger partial charge is 0.464 e. The number of carbonyl (C=O) groups is 1. The van der Waals surface area contributed by atoms with E-state index in [0.29, 0.717) is 18.6 Å². The van der Waals surface area contributed by atoms with Gasteiger partial charge in [-0.2, -0.15) is 0 Å². The van der Waals surface area contributed by atoms with Crippen LogP contribution in [0, 0.1) is 24.6 Å². The molecule has 3 nitrogen and oxygen atoms in total. The predicted octanol–water partition coefficient (Wildman–Crippen LogP) is 3.92. The van der Waals surface area contributed by atoms with Crippen molar-refractivity contribution in [2.24, 2.45) is 0 Å². The van der Waals surface area contributed by atoms with E-state index < -0.39 is 6.04 Å². The third-order valence-electron chi connectivity index (χ3n) is 3.35. The summed E-state index contributed by atoms with van der Waals surface area (Å²) in [6.07, 6.45) is 0.296. The fourth-order valence-electron chi connectivity index (χ4n) is 2.08. The van der Waals surface area contributed by atoms with Crippen molar-refractivity contribution in [3.05, 3.63) is 65.5 Å². The van der Waals surface area contributed by atoms with Crippen molar-refractivity contribution in [2.75, 3.05) is 11.9 Å². The SMILES string of the molecule is CCOC(=O)C(CC#Cc1ccc(F)cc1)Nc1ccc(C)cc1. The smallest absolute Gasteiger partial charge is 0.329 e. The molecule has 0 saturated heterocycles. The Morgan fingerprint density at radius 1 is 1.17 bits per heavy atom. The molecule has 0 aliphatic heterocycles. The average molecular weight is 325 g/mol. The van der Waals surface area contributed by atoms with Crippen molar-refractivity contribution in [3.63, 3.8) is 0 Å². The topological polar surface area (TPSA) is 38.3 Å². The number of ether oxygens (including phenoxy) is 1. The standard InChI is InChI=1S/C20H20FNO2/c1-3-24-20(23)19(22-18-13-7-15(2)8-14-18)6-4-5-16-9-11-17(21)12-10-16/h7-14,19,22H,3,6H2,1-2H3. The van der Waals surface area contributed by atoms with Crippen LogP contribution in [0.5, 0.6) is 0 Å². The van der Waals surface area contributed by atoms with Crippen LogP contribution in [0.25, 0.3) is 0 Å². The fourth-order valence-corrected chi connectivity index (χ4v) is 2.08. The Bertz CT molecular complexity index is 727. The number of benzene rings is 2. The molecule has 2 aromatic carbocycles. The predicted molar refractivity (Wildman–Crippen MR) is 93.1 cm³/mol. The molecule has 4 heteroatoms. The number of halogens is 1. The van der Waals surface area contributed by atoms with Gasteiger partial charge in [-0.1, -0.05) is 29.5 Å². The number of rotatable bonds is 5. The molecule has 1 unspecified atom stereocenters. The Morgan fingerprint density at radius 3 is 2.46 bits per heavy atom. The van der Waals surface area contributed by atoms with Gasteiger partial charge in [-0.05, 0) is 50.2 Å². The van der Waals surface area contributed by atoms with Crippen LogP contribution in [-0.4, -0.2) is 18.6 Å². The molecule has 1 atom stereocenters. The second kappa shape index (κ2) is 8.73. The molecule has 1 N–H and O–H groups in total. The monoisotopic (exact) mass is 325 g/mol. The zero-order valence-corrected chi connectivity index (χ0v) is 13.8. The van der Waals surface area contributed by atoms with Crippen LogP contribution in [-0.2, 0) is 9.53 Å². The quantitative estimate of drug-likeness (QED) is 0.669. The summed E-state index contributed by atoms with van der Waals surface area (Å²) >= 11 is 0. The lowest BCUT2D eigenvalue weighted by Gasteiger charge is -2.16. The molecule has 0 aliphatic carbocycles. The number of aryl methyl sites for hydroxylation is 1. The van der Waals surface area contributed by atoms with Crippen molar-refractivity contribution in [1.29, 1.82) is 0 Å². The van der Waals surface area contributed by atoms with Gasteiger partial charge in [-0.15, -0.1) is 0 Å². The summed E-state index contributed by atoms with van der Waals surface area (Å²) in [6, 6.07) is 13.1. The first kappa shape index (κ1) is 17.6. The Labute approximate surface area is 141 Å². The number of carbonyl (C=O) groups excluding carboxylic acids is 1. The van der Waals surface area contributed by atoms with Crippen LogP contribution in [0.4, 0.5) is 10.1 Å². The van der Waals surface area contributed by atoms with Crippen LogP contribution < -0.4 is 5.32 Å². The third-order valence-corrected chi connectivity index (χ3v) is 3.35. The molecule has 24 heavy (non-hydrogen) atoms. The van der Waals surface area contributed by atoms with Gasteiger partial charge in [-0.3, -0.25) is 0 Å². The Balaban J connectivity index is 2.07. The second-order valence-corrected chi connectivity index (χ2v) is 5.33. The molecule has 0 amide bonds. The lowest BCUT2D eigenvalue weighted by molar-refractivity contribution is -0.143. The van der Waals surface area contributed by atoms with Gasteiger partial charge < -0.3 is 10.1 Å². The summed E-state index contributed by atoms with van der Waals surface area (Å²) in [4.78, 5) is 12.1. The van der Waals surface area contributed by atoms with E-state index in [1.54, 1.807) is 19.1 Å². The van der Waals surface area contributed by atoms with Crippen LogP contribution >= 0.6 is 0 Å². The molecular weight excluding hydrogens is 305 g/mol. The van der Waals surface area contributed by atoms with E-state index in [2.05, 4.69) is 17.2 Å². The minimum atomic E-state index is -0.555. The highest BCUT2D eigenvalue weighted by atomic mass is 19.1. The van der Waals surface area contributed by atoms with E-state index in [1.165, 1.54) is 12.1 Å². The molecule has 0 aromatic heterocycles. The van der Waals surface area contributed by atoms with Crippen molar-refractivity contribution in [2.45, 2.75) is 26.3 Å². The summed E-state index contributed by atoms with van der Waals surface area (Å²) in [5.41, 5.74) is 2.68. The number of esters is 1. The first-order chi connectivity index (χ1) is 11.6.